The fourth-order valence-corrected chi connectivity index (χ4v) is 2.26. The molecule has 0 aliphatic rings. The molecule has 0 fully saturated rings. The summed E-state index contributed by atoms with van der Waals surface area (Å²) < 4.78 is 1.76. The highest BCUT2D eigenvalue weighted by atomic mass is 35.5. The molecule has 1 heterocycles. The summed E-state index contributed by atoms with van der Waals surface area (Å²) in [4.78, 5) is 23.4. The molecule has 6 heteroatoms. The van der Waals surface area contributed by atoms with Gasteiger partial charge in [0.05, 0.1) is 0 Å². The van der Waals surface area contributed by atoms with Crippen molar-refractivity contribution < 1.29 is 4.79 Å². The standard InChI is InChI=1S/C14H14ClN3O2/c1-8-5-10(15)3-4-12(8)18-7-11(14(20)17-16)13(19)6-9(18)2/h3-7H,16H2,1-2H3,(H,17,20). The number of nitrogens with one attached hydrogen (secondary N) is 1. The zero-order valence-electron chi connectivity index (χ0n) is 11.1. The van der Waals surface area contributed by atoms with Gasteiger partial charge in [-0.25, -0.2) is 5.84 Å². The Morgan fingerprint density at radius 1 is 1.30 bits per heavy atom. The van der Waals surface area contributed by atoms with Crippen LogP contribution in [0, 0.1) is 13.8 Å². The van der Waals surface area contributed by atoms with E-state index in [-0.39, 0.29) is 11.0 Å². The molecule has 1 aromatic heterocycles. The molecule has 0 aliphatic carbocycles. The average Bonchev–Trinajstić information content (AvgIpc) is 2.39. The van der Waals surface area contributed by atoms with Crippen LogP contribution in [0.1, 0.15) is 21.6 Å². The lowest BCUT2D eigenvalue weighted by molar-refractivity contribution is 0.0952. The lowest BCUT2D eigenvalue weighted by atomic mass is 10.1. The number of aryl methyl sites for hydroxylation is 2. The maximum absolute atomic E-state index is 11.8. The smallest absolute Gasteiger partial charge is 0.270 e. The Balaban J connectivity index is 2.68. The minimum atomic E-state index is -0.615. The minimum absolute atomic E-state index is 0.00699. The van der Waals surface area contributed by atoms with Crippen LogP contribution in [-0.2, 0) is 0 Å². The van der Waals surface area contributed by atoms with Crippen LogP contribution in [-0.4, -0.2) is 10.5 Å². The number of pyridine rings is 1. The number of nitrogens with two attached hydrogens (primary N) is 1. The van der Waals surface area contributed by atoms with E-state index >= 15 is 0 Å². The fourth-order valence-electron chi connectivity index (χ4n) is 2.03. The zero-order chi connectivity index (χ0) is 14.9. The first-order valence-corrected chi connectivity index (χ1v) is 6.32. The van der Waals surface area contributed by atoms with Gasteiger partial charge in [-0.15, -0.1) is 0 Å². The number of hydrogen-bond acceptors (Lipinski definition) is 3. The molecule has 0 atom stereocenters. The third-order valence-corrected chi connectivity index (χ3v) is 3.27. The van der Waals surface area contributed by atoms with E-state index in [4.69, 9.17) is 17.4 Å². The van der Waals surface area contributed by atoms with Crippen molar-refractivity contribution >= 4 is 17.5 Å². The van der Waals surface area contributed by atoms with E-state index in [9.17, 15) is 9.59 Å². The summed E-state index contributed by atoms with van der Waals surface area (Å²) >= 11 is 5.93. The van der Waals surface area contributed by atoms with Gasteiger partial charge >= 0.3 is 0 Å². The third kappa shape index (κ3) is 2.59. The Kier molecular flexibility index (Phi) is 3.92. The first-order valence-electron chi connectivity index (χ1n) is 5.95. The first kappa shape index (κ1) is 14.3. The van der Waals surface area contributed by atoms with Crippen LogP contribution >= 0.6 is 11.6 Å². The predicted molar refractivity (Wildman–Crippen MR) is 78.2 cm³/mol. The number of nitrogen functional groups attached to an aromatic ring is 1. The molecule has 104 valence electrons. The number of nitrogens with zero attached hydrogens (tertiary/aromatic N) is 1. The summed E-state index contributed by atoms with van der Waals surface area (Å²) in [7, 11) is 0. The highest BCUT2D eigenvalue weighted by Gasteiger charge is 2.12. The van der Waals surface area contributed by atoms with Crippen molar-refractivity contribution in [3.63, 3.8) is 0 Å². The number of halogens is 1. The lowest BCUT2D eigenvalue weighted by Gasteiger charge is -2.14. The second kappa shape index (κ2) is 5.48. The van der Waals surface area contributed by atoms with E-state index in [0.717, 1.165) is 11.3 Å². The normalized spacial score (nSPS) is 10.4. The van der Waals surface area contributed by atoms with Crippen molar-refractivity contribution in [2.45, 2.75) is 13.8 Å². The number of hydrazine groups is 1. The Morgan fingerprint density at radius 2 is 2.00 bits per heavy atom. The van der Waals surface area contributed by atoms with Crippen molar-refractivity contribution in [3.8, 4) is 5.69 Å². The molecular formula is C14H14ClN3O2. The van der Waals surface area contributed by atoms with E-state index < -0.39 is 5.91 Å². The van der Waals surface area contributed by atoms with Crippen LogP contribution in [0.15, 0.2) is 35.3 Å². The largest absolute Gasteiger partial charge is 0.320 e. The van der Waals surface area contributed by atoms with E-state index in [1.54, 1.807) is 17.6 Å². The molecule has 20 heavy (non-hydrogen) atoms. The van der Waals surface area contributed by atoms with Crippen LogP contribution in [0.25, 0.3) is 5.69 Å². The summed E-state index contributed by atoms with van der Waals surface area (Å²) in [5.41, 5.74) is 4.09. The highest BCUT2D eigenvalue weighted by Crippen LogP contribution is 2.20. The Labute approximate surface area is 120 Å². The topological polar surface area (TPSA) is 77.1 Å². The van der Waals surface area contributed by atoms with E-state index in [1.807, 2.05) is 24.5 Å². The van der Waals surface area contributed by atoms with Gasteiger partial charge in [0.2, 0.25) is 0 Å². The third-order valence-electron chi connectivity index (χ3n) is 3.04. The second-order valence-corrected chi connectivity index (χ2v) is 4.90. The van der Waals surface area contributed by atoms with Crippen molar-refractivity contribution in [2.75, 3.05) is 0 Å². The van der Waals surface area contributed by atoms with Crippen LogP contribution in [0.3, 0.4) is 0 Å². The molecule has 2 aromatic rings. The SMILES string of the molecule is Cc1cc(Cl)ccc1-n1cc(C(=O)NN)c(=O)cc1C. The van der Waals surface area contributed by atoms with Gasteiger partial charge in [0.1, 0.15) is 5.56 Å². The maximum Gasteiger partial charge on any atom is 0.270 e. The average molecular weight is 292 g/mol. The number of hydrogen-bond donors (Lipinski definition) is 2. The number of benzene rings is 1. The fraction of sp³-hybridized carbons (Fsp3) is 0.143. The molecule has 0 spiro atoms. The molecule has 1 amide bonds. The summed E-state index contributed by atoms with van der Waals surface area (Å²) in [6, 6.07) is 6.80. The number of carbonyl (C=O) groups excluding carboxylic acids is 1. The molecule has 0 aliphatic heterocycles. The number of amides is 1. The van der Waals surface area contributed by atoms with Crippen LogP contribution in [0.5, 0.6) is 0 Å². The molecule has 0 unspecified atom stereocenters. The van der Waals surface area contributed by atoms with Crippen molar-refractivity contribution in [1.29, 1.82) is 0 Å². The Bertz CT molecular complexity index is 738. The number of rotatable bonds is 2. The van der Waals surface area contributed by atoms with Crippen LogP contribution in [0.4, 0.5) is 0 Å². The summed E-state index contributed by atoms with van der Waals surface area (Å²) in [6.07, 6.45) is 1.48. The molecular weight excluding hydrogens is 278 g/mol. The monoisotopic (exact) mass is 291 g/mol. The van der Waals surface area contributed by atoms with Gasteiger partial charge in [0, 0.05) is 28.7 Å². The first-order chi connectivity index (χ1) is 9.43. The molecule has 1 aromatic carbocycles. The number of carbonyl (C=O) groups is 1. The molecule has 2 rings (SSSR count). The van der Waals surface area contributed by atoms with Gasteiger partial charge in [-0.2, -0.15) is 0 Å². The van der Waals surface area contributed by atoms with Crippen molar-refractivity contribution in [1.82, 2.24) is 9.99 Å². The quantitative estimate of drug-likeness (QED) is 0.502. The predicted octanol–water partition coefficient (Wildman–Crippen LogP) is 1.71. The molecule has 0 radical (unpaired) electrons. The Morgan fingerprint density at radius 3 is 2.60 bits per heavy atom. The van der Waals surface area contributed by atoms with E-state index in [0.29, 0.717) is 10.7 Å². The maximum atomic E-state index is 11.8. The summed E-state index contributed by atoms with van der Waals surface area (Å²) in [5, 5.41) is 0.630. The van der Waals surface area contributed by atoms with Gasteiger partial charge in [0.15, 0.2) is 5.43 Å². The molecule has 0 saturated heterocycles. The van der Waals surface area contributed by atoms with Crippen LogP contribution < -0.4 is 16.7 Å². The van der Waals surface area contributed by atoms with Gasteiger partial charge in [-0.1, -0.05) is 11.6 Å². The highest BCUT2D eigenvalue weighted by molar-refractivity contribution is 6.30. The van der Waals surface area contributed by atoms with Gasteiger partial charge < -0.3 is 4.57 Å². The molecule has 0 saturated carbocycles. The molecule has 0 bridgehead atoms. The minimum Gasteiger partial charge on any atom is -0.320 e. The van der Waals surface area contributed by atoms with Gasteiger partial charge in [0.25, 0.3) is 5.91 Å². The second-order valence-electron chi connectivity index (χ2n) is 4.47. The van der Waals surface area contributed by atoms with Crippen molar-refractivity contribution in [2.24, 2.45) is 5.84 Å². The van der Waals surface area contributed by atoms with Crippen LogP contribution in [0.2, 0.25) is 5.02 Å². The lowest BCUT2D eigenvalue weighted by Crippen LogP contribution is -2.34. The zero-order valence-corrected chi connectivity index (χ0v) is 11.9. The van der Waals surface area contributed by atoms with Crippen molar-refractivity contribution in [3.05, 3.63) is 62.5 Å². The van der Waals surface area contributed by atoms with E-state index in [2.05, 4.69) is 0 Å². The number of aromatic nitrogens is 1. The molecule has 5 nitrogen and oxygen atoms in total. The van der Waals surface area contributed by atoms with Gasteiger partial charge in [-0.05, 0) is 37.6 Å². The summed E-state index contributed by atoms with van der Waals surface area (Å²) in [6.45, 7) is 3.70. The summed E-state index contributed by atoms with van der Waals surface area (Å²) in [5.74, 6) is 4.47. The van der Waals surface area contributed by atoms with E-state index in [1.165, 1.54) is 12.3 Å². The van der Waals surface area contributed by atoms with Gasteiger partial charge in [-0.3, -0.25) is 15.0 Å². The Hall–Kier alpha value is -2.11. The molecule has 3 N–H and O–H groups in total.